The third-order valence-electron chi connectivity index (χ3n) is 2.67. The molecule has 2 rings (SSSR count). The molecule has 0 bridgehead atoms. The average Bonchev–Trinajstić information content (AvgIpc) is 2.87. The minimum absolute atomic E-state index is 0.0305. The van der Waals surface area contributed by atoms with Crippen LogP contribution in [0.1, 0.15) is 4.88 Å². The second-order valence-electron chi connectivity index (χ2n) is 3.80. The van der Waals surface area contributed by atoms with Gasteiger partial charge in [-0.3, -0.25) is 0 Å². The van der Waals surface area contributed by atoms with Gasteiger partial charge < -0.3 is 9.64 Å². The molecule has 0 saturated carbocycles. The van der Waals surface area contributed by atoms with E-state index in [0.717, 1.165) is 0 Å². The molecule has 0 N–H and O–H groups in total. The summed E-state index contributed by atoms with van der Waals surface area (Å²) in [6.45, 7) is 2.60. The fraction of sp³-hybridized carbons (Fsp3) is 0.333. The highest BCUT2D eigenvalue weighted by atomic mass is 35.5. The number of aromatic nitrogens is 1. The molecule has 2 heterocycles. The van der Waals surface area contributed by atoms with Crippen LogP contribution in [0, 0.1) is 34.0 Å². The van der Waals surface area contributed by atoms with E-state index in [9.17, 15) is 0 Å². The number of ether oxygens (including phenoxy) is 1. The lowest BCUT2D eigenvalue weighted by atomic mass is 10.1. The zero-order valence-corrected chi connectivity index (χ0v) is 11.8. The van der Waals surface area contributed by atoms with Crippen molar-refractivity contribution in [3.05, 3.63) is 15.6 Å². The Labute approximate surface area is 124 Å². The van der Waals surface area contributed by atoms with E-state index >= 15 is 0 Å². The van der Waals surface area contributed by atoms with Crippen LogP contribution in [0.2, 0.25) is 5.15 Å². The van der Waals surface area contributed by atoms with Crippen LogP contribution in [-0.4, -0.2) is 31.3 Å². The summed E-state index contributed by atoms with van der Waals surface area (Å²) in [7, 11) is 0. The van der Waals surface area contributed by atoms with Gasteiger partial charge in [0.1, 0.15) is 29.4 Å². The first kappa shape index (κ1) is 14.3. The zero-order valence-electron chi connectivity index (χ0n) is 10.3. The zero-order chi connectivity index (χ0) is 14.5. The van der Waals surface area contributed by atoms with Gasteiger partial charge >= 0.3 is 0 Å². The largest absolute Gasteiger partial charge is 0.378 e. The quantitative estimate of drug-likeness (QED) is 0.775. The number of rotatable bonds is 2. The number of nitrogens with zero attached hydrogens (tertiary/aromatic N) is 5. The number of morpholine rings is 1. The molecule has 8 heteroatoms. The van der Waals surface area contributed by atoms with Crippen molar-refractivity contribution >= 4 is 33.6 Å². The lowest BCUT2D eigenvalue weighted by Gasteiger charge is -2.25. The Kier molecular flexibility index (Phi) is 4.55. The van der Waals surface area contributed by atoms with E-state index in [4.69, 9.17) is 32.1 Å². The fourth-order valence-corrected chi connectivity index (χ4v) is 3.04. The Morgan fingerprint density at radius 2 is 1.85 bits per heavy atom. The molecule has 6 nitrogen and oxygen atoms in total. The monoisotopic (exact) mass is 305 g/mol. The highest BCUT2D eigenvalue weighted by molar-refractivity contribution is 7.17. The third kappa shape index (κ3) is 2.74. The lowest BCUT2D eigenvalue weighted by Crippen LogP contribution is -2.36. The summed E-state index contributed by atoms with van der Waals surface area (Å²) in [6.07, 6.45) is 0. The molecule has 1 aliphatic rings. The summed E-state index contributed by atoms with van der Waals surface area (Å²) in [5.74, 6) is 0. The summed E-state index contributed by atoms with van der Waals surface area (Å²) in [5.41, 5.74) is -0.288. The Morgan fingerprint density at radius 1 is 1.20 bits per heavy atom. The Bertz CT molecular complexity index is 653. The first-order valence-corrected chi connectivity index (χ1v) is 6.84. The Balaban J connectivity index is 2.42. The average molecular weight is 306 g/mol. The van der Waals surface area contributed by atoms with Crippen LogP contribution < -0.4 is 4.90 Å². The maximum Gasteiger partial charge on any atom is 0.187 e. The van der Waals surface area contributed by atoms with E-state index in [1.54, 1.807) is 12.1 Å². The molecular formula is C12H8ClN5OS. The molecule has 1 fully saturated rings. The first-order valence-electron chi connectivity index (χ1n) is 5.65. The van der Waals surface area contributed by atoms with Crippen molar-refractivity contribution in [3.8, 4) is 18.2 Å². The van der Waals surface area contributed by atoms with Crippen LogP contribution in [0.25, 0.3) is 5.57 Å². The van der Waals surface area contributed by atoms with Crippen molar-refractivity contribution < 1.29 is 4.74 Å². The number of anilines is 1. The molecule has 100 valence electrons. The number of halogens is 1. The van der Waals surface area contributed by atoms with Gasteiger partial charge in [-0.1, -0.05) is 22.9 Å². The van der Waals surface area contributed by atoms with Gasteiger partial charge in [0.2, 0.25) is 0 Å². The predicted octanol–water partition coefficient (Wildman–Crippen LogP) is 1.96. The maximum atomic E-state index is 9.13. The highest BCUT2D eigenvalue weighted by Gasteiger charge is 2.21. The van der Waals surface area contributed by atoms with E-state index in [-0.39, 0.29) is 16.3 Å². The number of hydrogen-bond donors (Lipinski definition) is 0. The Hall–Kier alpha value is -2.11. The molecule has 1 aromatic heterocycles. The molecule has 0 atom stereocenters. The third-order valence-corrected chi connectivity index (χ3v) is 4.19. The summed E-state index contributed by atoms with van der Waals surface area (Å²) in [4.78, 5) is 6.56. The summed E-state index contributed by atoms with van der Waals surface area (Å²) < 4.78 is 5.25. The summed E-state index contributed by atoms with van der Waals surface area (Å²) >= 11 is 7.24. The highest BCUT2D eigenvalue weighted by Crippen LogP contribution is 2.36. The molecule has 0 aromatic carbocycles. The molecule has 1 aromatic rings. The van der Waals surface area contributed by atoms with E-state index in [1.807, 2.05) is 11.0 Å². The number of hydrogen-bond acceptors (Lipinski definition) is 7. The summed E-state index contributed by atoms with van der Waals surface area (Å²) in [5, 5.41) is 27.7. The van der Waals surface area contributed by atoms with E-state index < -0.39 is 0 Å². The van der Waals surface area contributed by atoms with Crippen LogP contribution in [-0.2, 0) is 4.74 Å². The standard InChI is InChI=1S/C12H8ClN5OS/c13-11-10(9(7-16)8(5-14)6-15)20-12(17-11)18-1-3-19-4-2-18/h1-4H2. The normalized spacial score (nSPS) is 14.0. The molecule has 0 amide bonds. The molecule has 0 spiro atoms. The van der Waals surface area contributed by atoms with Crippen LogP contribution in [0.15, 0.2) is 5.57 Å². The predicted molar refractivity (Wildman–Crippen MR) is 73.9 cm³/mol. The van der Waals surface area contributed by atoms with Crippen molar-refractivity contribution in [1.82, 2.24) is 4.98 Å². The van der Waals surface area contributed by atoms with Gasteiger partial charge in [-0.2, -0.15) is 15.8 Å². The second kappa shape index (κ2) is 6.36. The van der Waals surface area contributed by atoms with Crippen molar-refractivity contribution in [2.75, 3.05) is 31.2 Å². The number of nitriles is 3. The van der Waals surface area contributed by atoms with Gasteiger partial charge in [-0.15, -0.1) is 0 Å². The van der Waals surface area contributed by atoms with Crippen molar-refractivity contribution in [2.45, 2.75) is 0 Å². The van der Waals surface area contributed by atoms with Crippen molar-refractivity contribution in [3.63, 3.8) is 0 Å². The molecule has 20 heavy (non-hydrogen) atoms. The van der Waals surface area contributed by atoms with Crippen LogP contribution in [0.3, 0.4) is 0 Å². The molecule has 0 unspecified atom stereocenters. The van der Waals surface area contributed by atoms with Gasteiger partial charge in [0.15, 0.2) is 10.3 Å². The summed E-state index contributed by atoms with van der Waals surface area (Å²) in [6, 6.07) is 5.25. The molecule has 1 saturated heterocycles. The van der Waals surface area contributed by atoms with Gasteiger partial charge in [-0.25, -0.2) is 4.98 Å². The van der Waals surface area contributed by atoms with Crippen LogP contribution >= 0.6 is 22.9 Å². The lowest BCUT2D eigenvalue weighted by molar-refractivity contribution is 0.122. The molecule has 1 aliphatic heterocycles. The molecule has 0 radical (unpaired) electrons. The number of allylic oxidation sites excluding steroid dienone is 2. The van der Waals surface area contributed by atoms with Gasteiger partial charge in [0, 0.05) is 13.1 Å². The Morgan fingerprint density at radius 3 is 2.40 bits per heavy atom. The van der Waals surface area contributed by atoms with E-state index in [2.05, 4.69) is 4.98 Å². The van der Waals surface area contributed by atoms with E-state index in [0.29, 0.717) is 36.3 Å². The minimum Gasteiger partial charge on any atom is -0.378 e. The fourth-order valence-electron chi connectivity index (χ4n) is 1.69. The molecule has 0 aliphatic carbocycles. The van der Waals surface area contributed by atoms with Gasteiger partial charge in [0.25, 0.3) is 0 Å². The molecular weight excluding hydrogens is 298 g/mol. The van der Waals surface area contributed by atoms with Crippen LogP contribution in [0.4, 0.5) is 5.13 Å². The minimum atomic E-state index is -0.258. The second-order valence-corrected chi connectivity index (χ2v) is 5.14. The van der Waals surface area contributed by atoms with Gasteiger partial charge in [-0.05, 0) is 0 Å². The maximum absolute atomic E-state index is 9.13. The topological polar surface area (TPSA) is 96.7 Å². The van der Waals surface area contributed by atoms with Crippen molar-refractivity contribution in [2.24, 2.45) is 0 Å². The van der Waals surface area contributed by atoms with Crippen LogP contribution in [0.5, 0.6) is 0 Å². The van der Waals surface area contributed by atoms with Gasteiger partial charge in [0.05, 0.1) is 18.1 Å². The van der Waals surface area contributed by atoms with E-state index in [1.165, 1.54) is 11.3 Å². The SMILES string of the molecule is N#CC(C#N)=C(C#N)c1sc(N2CCOCC2)nc1Cl. The smallest absolute Gasteiger partial charge is 0.187 e. The first-order chi connectivity index (χ1) is 9.71. The van der Waals surface area contributed by atoms with Crippen molar-refractivity contribution in [1.29, 1.82) is 15.8 Å². The number of thiazole rings is 1.